The van der Waals surface area contributed by atoms with E-state index >= 15 is 0 Å². The summed E-state index contributed by atoms with van der Waals surface area (Å²) in [6.45, 7) is 3.75. The van der Waals surface area contributed by atoms with Crippen LogP contribution in [0.3, 0.4) is 0 Å². The van der Waals surface area contributed by atoms with E-state index in [-0.39, 0.29) is 30.5 Å². The molecule has 2 aromatic rings. The van der Waals surface area contributed by atoms with Gasteiger partial charge < -0.3 is 14.2 Å². The molecule has 0 amide bonds. The molecule has 0 fully saturated rings. The van der Waals surface area contributed by atoms with Crippen LogP contribution in [0, 0.1) is 11.7 Å². The molecule has 3 atom stereocenters. The number of hydrogen-bond acceptors (Lipinski definition) is 6. The Morgan fingerprint density at radius 3 is 2.35 bits per heavy atom. The molecule has 0 saturated carbocycles. The van der Waals surface area contributed by atoms with Crippen molar-refractivity contribution in [3.05, 3.63) is 70.7 Å². The molecule has 0 spiro atoms. The van der Waals surface area contributed by atoms with Gasteiger partial charge in [0.2, 0.25) is 0 Å². The molecule has 4 rings (SSSR count). The van der Waals surface area contributed by atoms with E-state index < -0.39 is 17.8 Å². The number of benzene rings is 2. The summed E-state index contributed by atoms with van der Waals surface area (Å²) in [5.41, 5.74) is 3.43. The van der Waals surface area contributed by atoms with Crippen LogP contribution in [0.5, 0.6) is 11.5 Å². The summed E-state index contributed by atoms with van der Waals surface area (Å²) in [7, 11) is 3.15. The second kappa shape index (κ2) is 9.79. The minimum atomic E-state index is -0.731. The van der Waals surface area contributed by atoms with E-state index in [1.54, 1.807) is 40.2 Å². The first-order chi connectivity index (χ1) is 16.4. The molecular weight excluding hydrogens is 437 g/mol. The first-order valence-electron chi connectivity index (χ1n) is 11.3. The number of allylic oxidation sites excluding steroid dienone is 2. The number of ether oxygens (including phenoxy) is 3. The second-order valence-corrected chi connectivity index (χ2v) is 8.52. The number of carbonyl (C=O) groups excluding carboxylic acids is 2. The average molecular weight is 466 g/mol. The third-order valence-electron chi connectivity index (χ3n) is 6.54. The van der Waals surface area contributed by atoms with Gasteiger partial charge in [-0.3, -0.25) is 14.6 Å². The normalized spacial score (nSPS) is 22.1. The number of hydrogen-bond donors (Lipinski definition) is 0. The molecule has 1 aliphatic carbocycles. The predicted molar refractivity (Wildman–Crippen MR) is 126 cm³/mol. The number of methoxy groups -OCH3 is 2. The third-order valence-corrected chi connectivity index (χ3v) is 6.54. The van der Waals surface area contributed by atoms with Gasteiger partial charge in [-0.15, -0.1) is 0 Å². The Morgan fingerprint density at radius 1 is 1.03 bits per heavy atom. The Balaban J connectivity index is 1.77. The smallest absolute Gasteiger partial charge is 0.315 e. The standard InChI is InChI=1S/C27H28FNO5/c1-5-34-27(31)24-15(2)29-20-12-18(17-8-11-22(32-3)23(14-17)33-4)13-21(30)26(20)25(24)16-6-9-19(28)10-7-16/h6-11,14,18,24-25H,5,12-13H2,1-4H3/t18-,24?,25+/m1/s1. The van der Waals surface area contributed by atoms with Gasteiger partial charge in [0.1, 0.15) is 11.7 Å². The van der Waals surface area contributed by atoms with E-state index in [9.17, 15) is 14.0 Å². The highest BCUT2D eigenvalue weighted by Gasteiger charge is 2.44. The summed E-state index contributed by atoms with van der Waals surface area (Å²) < 4.78 is 29.8. The van der Waals surface area contributed by atoms with E-state index in [0.29, 0.717) is 40.5 Å². The van der Waals surface area contributed by atoms with Crippen molar-refractivity contribution in [3.8, 4) is 11.5 Å². The zero-order chi connectivity index (χ0) is 24.4. The van der Waals surface area contributed by atoms with E-state index in [1.165, 1.54) is 12.1 Å². The lowest BCUT2D eigenvalue weighted by atomic mass is 9.69. The monoisotopic (exact) mass is 465 g/mol. The van der Waals surface area contributed by atoms with Crippen molar-refractivity contribution in [3.63, 3.8) is 0 Å². The highest BCUT2D eigenvalue weighted by molar-refractivity contribution is 6.09. The summed E-state index contributed by atoms with van der Waals surface area (Å²) in [4.78, 5) is 31.2. The number of nitrogens with zero attached hydrogens (tertiary/aromatic N) is 1. The lowest BCUT2D eigenvalue weighted by Crippen LogP contribution is -2.38. The molecule has 0 radical (unpaired) electrons. The lowest BCUT2D eigenvalue weighted by molar-refractivity contribution is -0.146. The molecule has 0 saturated heterocycles. The van der Waals surface area contributed by atoms with Crippen LogP contribution in [0.2, 0.25) is 0 Å². The Hall–Kier alpha value is -3.48. The summed E-state index contributed by atoms with van der Waals surface area (Å²) >= 11 is 0. The highest BCUT2D eigenvalue weighted by Crippen LogP contribution is 2.47. The molecule has 1 heterocycles. The van der Waals surface area contributed by atoms with Crippen LogP contribution in [-0.4, -0.2) is 38.3 Å². The maximum atomic E-state index is 13.7. The van der Waals surface area contributed by atoms with E-state index in [1.807, 2.05) is 18.2 Å². The second-order valence-electron chi connectivity index (χ2n) is 8.52. The molecule has 2 aromatic carbocycles. The Morgan fingerprint density at radius 2 is 1.71 bits per heavy atom. The summed E-state index contributed by atoms with van der Waals surface area (Å²) in [6.07, 6.45) is 0.817. The number of rotatable bonds is 6. The van der Waals surface area contributed by atoms with Crippen molar-refractivity contribution < 1.29 is 28.2 Å². The van der Waals surface area contributed by atoms with Crippen molar-refractivity contribution in [2.75, 3.05) is 20.8 Å². The topological polar surface area (TPSA) is 74.2 Å². The van der Waals surface area contributed by atoms with Crippen LogP contribution < -0.4 is 9.47 Å². The van der Waals surface area contributed by atoms with E-state index in [0.717, 1.165) is 5.56 Å². The fraction of sp³-hybridized carbons (Fsp3) is 0.370. The fourth-order valence-electron chi connectivity index (χ4n) is 4.97. The van der Waals surface area contributed by atoms with Crippen LogP contribution in [0.4, 0.5) is 4.39 Å². The van der Waals surface area contributed by atoms with Gasteiger partial charge in [-0.1, -0.05) is 18.2 Å². The first kappa shape index (κ1) is 23.7. The largest absolute Gasteiger partial charge is 0.493 e. The lowest BCUT2D eigenvalue weighted by Gasteiger charge is -2.36. The first-order valence-corrected chi connectivity index (χ1v) is 11.3. The van der Waals surface area contributed by atoms with Gasteiger partial charge in [0, 0.05) is 29.3 Å². The Labute approximate surface area is 198 Å². The zero-order valence-corrected chi connectivity index (χ0v) is 19.8. The molecule has 1 unspecified atom stereocenters. The third kappa shape index (κ3) is 4.34. The van der Waals surface area contributed by atoms with Gasteiger partial charge in [-0.2, -0.15) is 0 Å². The minimum Gasteiger partial charge on any atom is -0.493 e. The highest BCUT2D eigenvalue weighted by atomic mass is 19.1. The molecule has 0 aromatic heterocycles. The maximum absolute atomic E-state index is 13.7. The number of ketones is 1. The van der Waals surface area contributed by atoms with Crippen molar-refractivity contribution >= 4 is 17.5 Å². The summed E-state index contributed by atoms with van der Waals surface area (Å²) in [6, 6.07) is 11.6. The van der Waals surface area contributed by atoms with E-state index in [2.05, 4.69) is 0 Å². The predicted octanol–water partition coefficient (Wildman–Crippen LogP) is 4.98. The van der Waals surface area contributed by atoms with Gasteiger partial charge in [-0.05, 0) is 61.6 Å². The molecular formula is C27H28FNO5. The van der Waals surface area contributed by atoms with Crippen molar-refractivity contribution in [2.24, 2.45) is 10.9 Å². The fourth-order valence-corrected chi connectivity index (χ4v) is 4.97. The van der Waals surface area contributed by atoms with E-state index in [4.69, 9.17) is 19.2 Å². The van der Waals surface area contributed by atoms with Gasteiger partial charge in [-0.25, -0.2) is 4.39 Å². The zero-order valence-electron chi connectivity index (χ0n) is 19.8. The molecule has 2 aliphatic rings. The average Bonchev–Trinajstić information content (AvgIpc) is 2.83. The molecule has 7 heteroatoms. The van der Waals surface area contributed by atoms with Crippen molar-refractivity contribution in [1.82, 2.24) is 0 Å². The van der Waals surface area contributed by atoms with Gasteiger partial charge in [0.05, 0.1) is 20.8 Å². The van der Waals surface area contributed by atoms with Crippen molar-refractivity contribution in [1.29, 1.82) is 0 Å². The van der Waals surface area contributed by atoms with Crippen molar-refractivity contribution in [2.45, 2.75) is 38.5 Å². The Bertz CT molecular complexity index is 1170. The molecule has 0 N–H and O–H groups in total. The summed E-state index contributed by atoms with van der Waals surface area (Å²) in [5.74, 6) is -1.04. The number of esters is 1. The Kier molecular flexibility index (Phi) is 6.82. The summed E-state index contributed by atoms with van der Waals surface area (Å²) in [5, 5.41) is 0. The van der Waals surface area contributed by atoms with Gasteiger partial charge >= 0.3 is 5.97 Å². The van der Waals surface area contributed by atoms with Gasteiger partial charge in [0.15, 0.2) is 17.3 Å². The molecule has 6 nitrogen and oxygen atoms in total. The van der Waals surface area contributed by atoms with Crippen LogP contribution in [0.1, 0.15) is 49.7 Å². The molecule has 34 heavy (non-hydrogen) atoms. The number of carbonyl (C=O) groups is 2. The van der Waals surface area contributed by atoms with Crippen LogP contribution in [-0.2, 0) is 14.3 Å². The maximum Gasteiger partial charge on any atom is 0.315 e. The molecule has 0 bridgehead atoms. The van der Waals surface area contributed by atoms with Crippen LogP contribution in [0.15, 0.2) is 58.7 Å². The van der Waals surface area contributed by atoms with Crippen LogP contribution >= 0.6 is 0 Å². The van der Waals surface area contributed by atoms with Gasteiger partial charge in [0.25, 0.3) is 0 Å². The number of halogens is 1. The van der Waals surface area contributed by atoms with Crippen LogP contribution in [0.25, 0.3) is 0 Å². The molecule has 178 valence electrons. The SMILES string of the molecule is CCOC(=O)C1C(C)=NC2=C(C(=O)C[C@H](c3ccc(OC)c(OC)c3)C2)[C@H]1c1ccc(F)cc1. The number of Topliss-reactive ketones (excluding diaryl/α,β-unsaturated/α-hetero) is 1. The molecule has 1 aliphatic heterocycles. The quantitative estimate of drug-likeness (QED) is 0.563. The number of aliphatic imine (C=N–C) groups is 1. The minimum absolute atomic E-state index is 0.0686.